The summed E-state index contributed by atoms with van der Waals surface area (Å²) in [7, 11) is -3.79. The van der Waals surface area contributed by atoms with E-state index in [1.54, 1.807) is 0 Å². The van der Waals surface area contributed by atoms with Gasteiger partial charge in [0.05, 0.1) is 29.1 Å². The summed E-state index contributed by atoms with van der Waals surface area (Å²) in [4.78, 5) is 13.7. The van der Waals surface area contributed by atoms with Gasteiger partial charge in [-0.15, -0.1) is 0 Å². The first-order chi connectivity index (χ1) is 16.3. The first kappa shape index (κ1) is 24.6. The van der Waals surface area contributed by atoms with Gasteiger partial charge in [0.25, 0.3) is 5.69 Å². The summed E-state index contributed by atoms with van der Waals surface area (Å²) >= 11 is 0. The molecule has 2 aliphatic heterocycles. The number of nitro benzene ring substituents is 1. The molecule has 0 unspecified atom stereocenters. The Morgan fingerprint density at radius 3 is 2.56 bits per heavy atom. The van der Waals surface area contributed by atoms with Gasteiger partial charge in [-0.1, -0.05) is 37.3 Å². The predicted octanol–water partition coefficient (Wildman–Crippen LogP) is 3.50. The topological polar surface area (TPSA) is 105 Å². The van der Waals surface area contributed by atoms with E-state index in [1.807, 2.05) is 37.3 Å². The molecule has 1 N–H and O–H groups in total. The summed E-state index contributed by atoms with van der Waals surface area (Å²) in [6, 6.07) is 13.8. The summed E-state index contributed by atoms with van der Waals surface area (Å²) in [6.07, 6.45) is 1.78. The first-order valence-corrected chi connectivity index (χ1v) is 13.2. The molecule has 2 fully saturated rings. The van der Waals surface area contributed by atoms with Crippen LogP contribution in [0.15, 0.2) is 53.4 Å². The van der Waals surface area contributed by atoms with Gasteiger partial charge < -0.3 is 10.1 Å². The molecular formula is C24H32N4O5S. The summed E-state index contributed by atoms with van der Waals surface area (Å²) in [5.74, 6) is 0.270. The van der Waals surface area contributed by atoms with Gasteiger partial charge >= 0.3 is 0 Å². The minimum atomic E-state index is -3.79. The minimum absolute atomic E-state index is 0.0386. The fraction of sp³-hybridized carbons (Fsp3) is 0.500. The molecule has 184 valence electrons. The van der Waals surface area contributed by atoms with E-state index < -0.39 is 14.9 Å². The van der Waals surface area contributed by atoms with Crippen molar-refractivity contribution in [3.8, 4) is 0 Å². The number of nitrogens with one attached hydrogen (secondary N) is 1. The molecule has 9 nitrogen and oxygen atoms in total. The molecular weight excluding hydrogens is 456 g/mol. The highest BCUT2D eigenvalue weighted by Crippen LogP contribution is 2.33. The lowest BCUT2D eigenvalue weighted by atomic mass is 10.0. The minimum Gasteiger partial charge on any atom is -0.379 e. The Labute approximate surface area is 200 Å². The normalized spacial score (nSPS) is 21.1. The number of benzene rings is 2. The van der Waals surface area contributed by atoms with E-state index in [9.17, 15) is 18.5 Å². The zero-order valence-electron chi connectivity index (χ0n) is 19.4. The maximum absolute atomic E-state index is 13.2. The van der Waals surface area contributed by atoms with Gasteiger partial charge in [-0.3, -0.25) is 15.0 Å². The van der Waals surface area contributed by atoms with Gasteiger partial charge in [0.1, 0.15) is 5.69 Å². The lowest BCUT2D eigenvalue weighted by Crippen LogP contribution is -2.40. The summed E-state index contributed by atoms with van der Waals surface area (Å²) < 4.78 is 33.3. The van der Waals surface area contributed by atoms with E-state index in [1.165, 1.54) is 22.5 Å². The monoisotopic (exact) mass is 488 g/mol. The summed E-state index contributed by atoms with van der Waals surface area (Å²) in [5, 5.41) is 15.3. The van der Waals surface area contributed by atoms with Gasteiger partial charge in [0, 0.05) is 38.8 Å². The van der Waals surface area contributed by atoms with Crippen LogP contribution in [0.5, 0.6) is 0 Å². The highest BCUT2D eigenvalue weighted by atomic mass is 32.2. The van der Waals surface area contributed by atoms with E-state index in [0.717, 1.165) is 31.5 Å². The Morgan fingerprint density at radius 2 is 1.88 bits per heavy atom. The van der Waals surface area contributed by atoms with Crippen molar-refractivity contribution in [3.05, 3.63) is 64.2 Å². The van der Waals surface area contributed by atoms with Crippen LogP contribution in [0.1, 0.15) is 31.4 Å². The van der Waals surface area contributed by atoms with E-state index in [-0.39, 0.29) is 22.5 Å². The molecule has 2 aliphatic rings. The number of sulfonamides is 1. The Morgan fingerprint density at radius 1 is 1.15 bits per heavy atom. The van der Waals surface area contributed by atoms with Crippen LogP contribution in [0, 0.1) is 16.0 Å². The van der Waals surface area contributed by atoms with Crippen LogP contribution in [0.2, 0.25) is 0 Å². The average Bonchev–Trinajstić information content (AvgIpc) is 2.85. The molecule has 4 rings (SSSR count). The Bertz CT molecular complexity index is 1090. The van der Waals surface area contributed by atoms with E-state index >= 15 is 0 Å². The van der Waals surface area contributed by atoms with Crippen molar-refractivity contribution in [2.24, 2.45) is 5.92 Å². The van der Waals surface area contributed by atoms with Crippen molar-refractivity contribution < 1.29 is 18.1 Å². The highest BCUT2D eigenvalue weighted by molar-refractivity contribution is 7.89. The number of morpholine rings is 1. The quantitative estimate of drug-likeness (QED) is 0.448. The second-order valence-corrected chi connectivity index (χ2v) is 11.0. The lowest BCUT2D eigenvalue weighted by Gasteiger charge is -2.31. The number of nitro groups is 1. The molecule has 0 spiro atoms. The third kappa shape index (κ3) is 5.75. The molecule has 2 aromatic rings. The zero-order chi connectivity index (χ0) is 24.1. The Kier molecular flexibility index (Phi) is 7.82. The third-order valence-electron chi connectivity index (χ3n) is 6.50. The van der Waals surface area contributed by atoms with Crippen molar-refractivity contribution in [1.29, 1.82) is 0 Å². The maximum atomic E-state index is 13.2. The smallest absolute Gasteiger partial charge is 0.293 e. The number of ether oxygens (including phenoxy) is 1. The van der Waals surface area contributed by atoms with Crippen molar-refractivity contribution in [3.63, 3.8) is 0 Å². The van der Waals surface area contributed by atoms with Crippen LogP contribution >= 0.6 is 0 Å². The number of hydrogen-bond donors (Lipinski definition) is 1. The standard InChI is InChI=1S/C24H32N4O5S/c1-19-6-5-11-27(17-19)34(31,32)21-9-10-22(24(16-21)28(29)30)25-23(20-7-3-2-4-8-20)18-26-12-14-33-15-13-26/h2-4,7-10,16,19,23,25H,5-6,11-15,17-18H2,1H3/t19-,23+/m0/s1. The van der Waals surface area contributed by atoms with E-state index in [4.69, 9.17) is 4.74 Å². The van der Waals surface area contributed by atoms with Gasteiger partial charge in [-0.25, -0.2) is 8.42 Å². The van der Waals surface area contributed by atoms with Crippen LogP contribution in [0.3, 0.4) is 0 Å². The molecule has 2 heterocycles. The number of rotatable bonds is 8. The number of piperidine rings is 1. The van der Waals surface area contributed by atoms with Crippen molar-refractivity contribution in [2.45, 2.75) is 30.7 Å². The molecule has 0 aromatic heterocycles. The van der Waals surface area contributed by atoms with Crippen molar-refractivity contribution in [1.82, 2.24) is 9.21 Å². The second kappa shape index (κ2) is 10.8. The zero-order valence-corrected chi connectivity index (χ0v) is 20.2. The van der Waals surface area contributed by atoms with Gasteiger partial charge in [0.2, 0.25) is 10.0 Å². The second-order valence-electron chi connectivity index (χ2n) is 9.07. The molecule has 10 heteroatoms. The fourth-order valence-corrected chi connectivity index (χ4v) is 6.23. The van der Waals surface area contributed by atoms with Crippen LogP contribution in [-0.4, -0.2) is 68.5 Å². The number of anilines is 1. The first-order valence-electron chi connectivity index (χ1n) is 11.7. The fourth-order valence-electron chi connectivity index (χ4n) is 4.61. The molecule has 0 radical (unpaired) electrons. The number of hydrogen-bond acceptors (Lipinski definition) is 7. The molecule has 2 saturated heterocycles. The molecule has 0 saturated carbocycles. The molecule has 0 amide bonds. The Hall–Kier alpha value is -2.53. The van der Waals surface area contributed by atoms with Gasteiger partial charge in [-0.05, 0) is 36.5 Å². The average molecular weight is 489 g/mol. The predicted molar refractivity (Wildman–Crippen MR) is 130 cm³/mol. The third-order valence-corrected chi connectivity index (χ3v) is 8.36. The molecule has 2 aromatic carbocycles. The maximum Gasteiger partial charge on any atom is 0.293 e. The Balaban J connectivity index is 1.62. The summed E-state index contributed by atoms with van der Waals surface area (Å²) in [6.45, 7) is 6.44. The van der Waals surface area contributed by atoms with Gasteiger partial charge in [-0.2, -0.15) is 4.31 Å². The molecule has 0 aliphatic carbocycles. The van der Waals surface area contributed by atoms with Gasteiger partial charge in [0.15, 0.2) is 0 Å². The number of nitrogens with zero attached hydrogens (tertiary/aromatic N) is 3. The van der Waals surface area contributed by atoms with Crippen LogP contribution in [-0.2, 0) is 14.8 Å². The highest BCUT2D eigenvalue weighted by Gasteiger charge is 2.31. The summed E-state index contributed by atoms with van der Waals surface area (Å²) in [5.41, 5.74) is 1.06. The largest absolute Gasteiger partial charge is 0.379 e. The van der Waals surface area contributed by atoms with Crippen LogP contribution in [0.4, 0.5) is 11.4 Å². The van der Waals surface area contributed by atoms with Crippen molar-refractivity contribution >= 4 is 21.4 Å². The molecule has 34 heavy (non-hydrogen) atoms. The molecule has 2 atom stereocenters. The van der Waals surface area contributed by atoms with Crippen LogP contribution < -0.4 is 5.32 Å². The van der Waals surface area contributed by atoms with Crippen LogP contribution in [0.25, 0.3) is 0 Å². The lowest BCUT2D eigenvalue weighted by molar-refractivity contribution is -0.384. The van der Waals surface area contributed by atoms with E-state index in [2.05, 4.69) is 10.2 Å². The van der Waals surface area contributed by atoms with E-state index in [0.29, 0.717) is 38.5 Å². The molecule has 0 bridgehead atoms. The van der Waals surface area contributed by atoms with Crippen molar-refractivity contribution in [2.75, 3.05) is 51.3 Å². The SMILES string of the molecule is C[C@H]1CCCN(S(=O)(=O)c2ccc(N[C@H](CN3CCOCC3)c3ccccc3)c([N+](=O)[O-])c2)C1.